The molecule has 2 fully saturated rings. The van der Waals surface area contributed by atoms with Crippen LogP contribution in [0, 0.1) is 12.7 Å². The molecule has 3 atom stereocenters. The van der Waals surface area contributed by atoms with Crippen LogP contribution in [-0.4, -0.2) is 58.5 Å². The number of carbonyl (C=O) groups excluding carboxylic acids is 1. The molecule has 212 valence electrons. The number of halogens is 1. The lowest BCUT2D eigenvalue weighted by Gasteiger charge is -2.38. The van der Waals surface area contributed by atoms with Gasteiger partial charge in [-0.05, 0) is 44.0 Å². The molecule has 1 aromatic carbocycles. The Balaban J connectivity index is 1.10. The molecule has 2 aliphatic rings. The molecular formula is C30H27FN8O3. The number of aromatic nitrogens is 6. The van der Waals surface area contributed by atoms with Crippen LogP contribution in [-0.2, 0) is 4.79 Å². The van der Waals surface area contributed by atoms with Crippen molar-refractivity contribution in [2.24, 2.45) is 0 Å². The molecule has 2 aliphatic heterocycles. The third-order valence-electron chi connectivity index (χ3n) is 7.97. The lowest BCUT2D eigenvalue weighted by atomic mass is 9.99. The van der Waals surface area contributed by atoms with E-state index in [1.165, 1.54) is 18.7 Å². The van der Waals surface area contributed by atoms with Gasteiger partial charge in [0.25, 0.3) is 0 Å². The van der Waals surface area contributed by atoms with Crippen molar-refractivity contribution in [3.05, 3.63) is 79.4 Å². The number of benzene rings is 1. The molecule has 1 N–H and O–H groups in total. The number of pyridine rings is 2. The van der Waals surface area contributed by atoms with Gasteiger partial charge in [0.15, 0.2) is 11.5 Å². The van der Waals surface area contributed by atoms with Gasteiger partial charge in [-0.15, -0.1) is 0 Å². The molecule has 12 heteroatoms. The summed E-state index contributed by atoms with van der Waals surface area (Å²) in [5, 5.41) is 7.82. The molecule has 42 heavy (non-hydrogen) atoms. The SMILES string of the molecule is C=CC(=O)N1[C@@H]2CC[C@H]1CC(Oc1cc3c(Nc4ccc(Oc5ccn6ncnc6c5)c(C)c4F)ncnc3cn1)C2. The second-order valence-electron chi connectivity index (χ2n) is 10.5. The zero-order valence-electron chi connectivity index (χ0n) is 22.8. The summed E-state index contributed by atoms with van der Waals surface area (Å²) in [6, 6.07) is 8.82. The summed E-state index contributed by atoms with van der Waals surface area (Å²) in [5.74, 6) is 1.26. The number of hydrogen-bond donors (Lipinski definition) is 1. The quantitative estimate of drug-likeness (QED) is 0.267. The minimum Gasteiger partial charge on any atom is -0.474 e. The predicted molar refractivity (Wildman–Crippen MR) is 152 cm³/mol. The third-order valence-corrected chi connectivity index (χ3v) is 7.97. The normalized spacial score (nSPS) is 19.7. The number of fused-ring (bicyclic) bond motifs is 4. The van der Waals surface area contributed by atoms with E-state index in [2.05, 4.69) is 36.9 Å². The highest BCUT2D eigenvalue weighted by Gasteiger charge is 2.43. The fraction of sp³-hybridized carbons (Fsp3) is 0.267. The number of carbonyl (C=O) groups is 1. The first-order valence-electron chi connectivity index (χ1n) is 13.7. The number of rotatable bonds is 7. The first kappa shape index (κ1) is 25.8. The van der Waals surface area contributed by atoms with Crippen molar-refractivity contribution in [1.29, 1.82) is 0 Å². The van der Waals surface area contributed by atoms with Crippen LogP contribution >= 0.6 is 0 Å². The zero-order chi connectivity index (χ0) is 28.8. The Hall–Kier alpha value is -5.13. The first-order valence-corrected chi connectivity index (χ1v) is 13.7. The van der Waals surface area contributed by atoms with Crippen molar-refractivity contribution in [3.63, 3.8) is 0 Å². The standard InChI is InChI=1S/C30H27FN8O3/c1-3-28(40)39-18-4-5-19(39)11-21(10-18)42-27-13-22-24(14-32-27)33-15-35-30(22)37-23-6-7-25(17(2)29(23)31)41-20-8-9-38-26(12-20)34-16-36-38/h3,6-9,12-16,18-19,21H,1,4-5,10-11H2,2H3,(H,33,35,37)/t18-,19+,21?. The average Bonchev–Trinajstić information content (AvgIpc) is 3.58. The lowest BCUT2D eigenvalue weighted by molar-refractivity contribution is -0.131. The summed E-state index contributed by atoms with van der Waals surface area (Å²) in [6.45, 7) is 5.29. The van der Waals surface area contributed by atoms with Gasteiger partial charge in [0.05, 0.1) is 17.4 Å². The van der Waals surface area contributed by atoms with E-state index in [-0.39, 0.29) is 29.8 Å². The third kappa shape index (κ3) is 4.64. The van der Waals surface area contributed by atoms with Gasteiger partial charge in [0.2, 0.25) is 11.8 Å². The largest absolute Gasteiger partial charge is 0.474 e. The number of amides is 1. The van der Waals surface area contributed by atoms with Crippen molar-refractivity contribution in [3.8, 4) is 17.4 Å². The van der Waals surface area contributed by atoms with Gasteiger partial charge in [0, 0.05) is 54.2 Å². The van der Waals surface area contributed by atoms with E-state index in [4.69, 9.17) is 9.47 Å². The second-order valence-corrected chi connectivity index (χ2v) is 10.5. The highest BCUT2D eigenvalue weighted by molar-refractivity contribution is 5.91. The molecule has 7 rings (SSSR count). The van der Waals surface area contributed by atoms with Gasteiger partial charge in [-0.1, -0.05) is 6.58 Å². The molecule has 1 amide bonds. The van der Waals surface area contributed by atoms with E-state index in [0.29, 0.717) is 45.3 Å². The predicted octanol–water partition coefficient (Wildman–Crippen LogP) is 5.14. The van der Waals surface area contributed by atoms with Gasteiger partial charge in [0.1, 0.15) is 36.1 Å². The van der Waals surface area contributed by atoms with Crippen LogP contribution in [0.2, 0.25) is 0 Å². The van der Waals surface area contributed by atoms with Crippen molar-refractivity contribution in [2.45, 2.75) is 50.8 Å². The number of anilines is 2. The maximum atomic E-state index is 15.6. The van der Waals surface area contributed by atoms with Crippen LogP contribution in [0.3, 0.4) is 0 Å². The highest BCUT2D eigenvalue weighted by Crippen LogP contribution is 2.38. The fourth-order valence-electron chi connectivity index (χ4n) is 5.95. The van der Waals surface area contributed by atoms with Crippen molar-refractivity contribution < 1.29 is 18.7 Å². The molecule has 0 radical (unpaired) electrons. The smallest absolute Gasteiger partial charge is 0.246 e. The second kappa shape index (κ2) is 10.4. The molecule has 2 saturated heterocycles. The summed E-state index contributed by atoms with van der Waals surface area (Å²) >= 11 is 0. The summed E-state index contributed by atoms with van der Waals surface area (Å²) in [5.41, 5.74) is 1.79. The van der Waals surface area contributed by atoms with Gasteiger partial charge < -0.3 is 19.7 Å². The van der Waals surface area contributed by atoms with Crippen molar-refractivity contribution in [2.75, 3.05) is 5.32 Å². The average molecular weight is 567 g/mol. The van der Waals surface area contributed by atoms with E-state index in [1.807, 2.05) is 4.90 Å². The van der Waals surface area contributed by atoms with Gasteiger partial charge in [-0.25, -0.2) is 28.8 Å². The fourth-order valence-corrected chi connectivity index (χ4v) is 5.95. The van der Waals surface area contributed by atoms with Crippen molar-refractivity contribution in [1.82, 2.24) is 34.4 Å². The molecule has 0 aliphatic carbocycles. The summed E-state index contributed by atoms with van der Waals surface area (Å²) < 4.78 is 29.4. The van der Waals surface area contributed by atoms with E-state index in [9.17, 15) is 4.79 Å². The minimum atomic E-state index is -0.468. The van der Waals surface area contributed by atoms with Gasteiger partial charge >= 0.3 is 0 Å². The Morgan fingerprint density at radius 2 is 1.93 bits per heavy atom. The molecule has 11 nitrogen and oxygen atoms in total. The maximum Gasteiger partial charge on any atom is 0.246 e. The molecule has 5 aromatic rings. The molecule has 4 aromatic heterocycles. The Kier molecular flexibility index (Phi) is 6.37. The van der Waals surface area contributed by atoms with Crippen LogP contribution in [0.5, 0.6) is 17.4 Å². The van der Waals surface area contributed by atoms with Crippen LogP contribution in [0.4, 0.5) is 15.9 Å². The van der Waals surface area contributed by atoms with Crippen LogP contribution in [0.15, 0.2) is 68.0 Å². The monoisotopic (exact) mass is 566 g/mol. The number of nitrogens with one attached hydrogen (secondary N) is 1. The summed E-state index contributed by atoms with van der Waals surface area (Å²) in [6.07, 6.45) is 10.9. The Labute approximate surface area is 240 Å². The Morgan fingerprint density at radius 3 is 2.74 bits per heavy atom. The summed E-state index contributed by atoms with van der Waals surface area (Å²) in [7, 11) is 0. The molecule has 6 heterocycles. The van der Waals surface area contributed by atoms with Crippen LogP contribution < -0.4 is 14.8 Å². The van der Waals surface area contributed by atoms with Gasteiger partial charge in [-0.2, -0.15) is 5.10 Å². The summed E-state index contributed by atoms with van der Waals surface area (Å²) in [4.78, 5) is 31.5. The maximum absolute atomic E-state index is 15.6. The van der Waals surface area contributed by atoms with E-state index in [1.54, 1.807) is 54.2 Å². The number of hydrogen-bond acceptors (Lipinski definition) is 9. The van der Waals surface area contributed by atoms with Crippen LogP contribution in [0.25, 0.3) is 16.6 Å². The van der Waals surface area contributed by atoms with E-state index < -0.39 is 5.82 Å². The van der Waals surface area contributed by atoms with Crippen LogP contribution in [0.1, 0.15) is 31.2 Å². The molecule has 2 bridgehead atoms. The first-order chi connectivity index (χ1) is 20.5. The highest BCUT2D eigenvalue weighted by atomic mass is 19.1. The lowest BCUT2D eigenvalue weighted by Crippen LogP contribution is -2.48. The van der Waals surface area contributed by atoms with E-state index >= 15 is 4.39 Å². The molecule has 0 spiro atoms. The van der Waals surface area contributed by atoms with E-state index in [0.717, 1.165) is 25.7 Å². The van der Waals surface area contributed by atoms with Gasteiger partial charge in [-0.3, -0.25) is 4.79 Å². The topological polar surface area (TPSA) is 120 Å². The number of ether oxygens (including phenoxy) is 2. The minimum absolute atomic E-state index is 0.0203. The molecule has 0 saturated carbocycles. The van der Waals surface area contributed by atoms with Crippen molar-refractivity contribution >= 4 is 34.0 Å². The zero-order valence-corrected chi connectivity index (χ0v) is 22.8. The Bertz CT molecular complexity index is 1830. The number of nitrogens with zero attached hydrogens (tertiary/aromatic N) is 7. The Morgan fingerprint density at radius 1 is 1.10 bits per heavy atom. The molecule has 1 unspecified atom stereocenters. The molecular weight excluding hydrogens is 539 g/mol. The number of piperidine rings is 1.